The van der Waals surface area contributed by atoms with Gasteiger partial charge >= 0.3 is 5.97 Å². The lowest BCUT2D eigenvalue weighted by Crippen LogP contribution is -2.27. The Labute approximate surface area is 169 Å². The molecule has 1 saturated heterocycles. The first-order chi connectivity index (χ1) is 13.4. The Kier molecular flexibility index (Phi) is 4.58. The summed E-state index contributed by atoms with van der Waals surface area (Å²) in [7, 11) is 0. The summed E-state index contributed by atoms with van der Waals surface area (Å²) in [6.07, 6.45) is 3.46. The number of aromatic carboxylic acids is 1. The first-order valence-corrected chi connectivity index (χ1v) is 9.35. The molecule has 0 aliphatic carbocycles. The number of carbonyl (C=O) groups is 2. The fourth-order valence-corrected chi connectivity index (χ4v) is 4.16. The van der Waals surface area contributed by atoms with E-state index in [0.717, 1.165) is 28.2 Å². The van der Waals surface area contributed by atoms with Gasteiger partial charge in [0.15, 0.2) is 4.32 Å². The van der Waals surface area contributed by atoms with Crippen LogP contribution >= 0.6 is 24.0 Å². The number of thioether (sulfide) groups is 1. The van der Waals surface area contributed by atoms with E-state index in [9.17, 15) is 19.8 Å². The molecule has 8 heteroatoms. The summed E-state index contributed by atoms with van der Waals surface area (Å²) in [6.45, 7) is 0. The van der Waals surface area contributed by atoms with Gasteiger partial charge in [0.2, 0.25) is 0 Å². The maximum Gasteiger partial charge on any atom is 0.339 e. The van der Waals surface area contributed by atoms with Crippen LogP contribution in [0.2, 0.25) is 0 Å². The Bertz CT molecular complexity index is 1190. The summed E-state index contributed by atoms with van der Waals surface area (Å²) in [4.78, 5) is 30.1. The number of carboxylic acid groups (broad SMARTS) is 1. The van der Waals surface area contributed by atoms with E-state index in [4.69, 9.17) is 12.2 Å². The fourth-order valence-electron chi connectivity index (χ4n) is 2.86. The number of anilines is 1. The number of rotatable bonds is 3. The van der Waals surface area contributed by atoms with E-state index >= 15 is 0 Å². The number of hydrogen-bond donors (Lipinski definition) is 2. The van der Waals surface area contributed by atoms with Gasteiger partial charge in [-0.1, -0.05) is 36.1 Å². The topological polar surface area (TPSA) is 90.7 Å². The number of pyridine rings is 1. The minimum absolute atomic E-state index is 0.292. The summed E-state index contributed by atoms with van der Waals surface area (Å²) >= 11 is 6.46. The van der Waals surface area contributed by atoms with Crippen LogP contribution < -0.4 is 4.90 Å². The molecule has 0 atom stereocenters. The molecule has 28 heavy (non-hydrogen) atoms. The molecule has 0 saturated carbocycles. The predicted molar refractivity (Wildman–Crippen MR) is 112 cm³/mol. The van der Waals surface area contributed by atoms with Crippen molar-refractivity contribution in [3.8, 4) is 5.75 Å². The van der Waals surface area contributed by atoms with Gasteiger partial charge in [0, 0.05) is 11.6 Å². The third kappa shape index (κ3) is 3.23. The monoisotopic (exact) mass is 408 g/mol. The van der Waals surface area contributed by atoms with E-state index < -0.39 is 5.97 Å². The number of hydrogen-bond acceptors (Lipinski definition) is 6. The molecule has 1 aromatic heterocycles. The van der Waals surface area contributed by atoms with Crippen LogP contribution in [0, 0.1) is 0 Å². The van der Waals surface area contributed by atoms with Crippen molar-refractivity contribution in [2.45, 2.75) is 0 Å². The summed E-state index contributed by atoms with van der Waals surface area (Å²) < 4.78 is 0.292. The lowest BCUT2D eigenvalue weighted by atomic mass is 10.1. The van der Waals surface area contributed by atoms with Crippen molar-refractivity contribution in [1.82, 2.24) is 4.98 Å². The molecule has 0 unspecified atom stereocenters. The average Bonchev–Trinajstić information content (AvgIpc) is 2.95. The lowest BCUT2D eigenvalue weighted by Gasteiger charge is -2.15. The van der Waals surface area contributed by atoms with Crippen LogP contribution in [-0.4, -0.2) is 31.4 Å². The number of aromatic hydroxyl groups is 1. The van der Waals surface area contributed by atoms with Crippen molar-refractivity contribution >= 4 is 62.8 Å². The summed E-state index contributed by atoms with van der Waals surface area (Å²) in [5.74, 6) is -2.00. The normalized spacial score (nSPS) is 15.6. The van der Waals surface area contributed by atoms with Gasteiger partial charge in [0.05, 0.1) is 16.1 Å². The highest BCUT2D eigenvalue weighted by atomic mass is 32.2. The number of nitrogens with zero attached hydrogens (tertiary/aromatic N) is 2. The molecule has 138 valence electrons. The molecule has 1 fully saturated rings. The maximum absolute atomic E-state index is 12.9. The third-order valence-corrected chi connectivity index (χ3v) is 5.49. The molecule has 0 radical (unpaired) electrons. The molecule has 0 spiro atoms. The Morgan fingerprint density at radius 1 is 1.18 bits per heavy atom. The quantitative estimate of drug-likeness (QED) is 0.499. The molecule has 1 aliphatic rings. The van der Waals surface area contributed by atoms with Crippen LogP contribution in [0.25, 0.3) is 17.0 Å². The molecule has 1 aliphatic heterocycles. The maximum atomic E-state index is 12.9. The van der Waals surface area contributed by atoms with Gasteiger partial charge < -0.3 is 10.2 Å². The Morgan fingerprint density at radius 2 is 2.00 bits per heavy atom. The molecular formula is C20H12N2O4S2. The lowest BCUT2D eigenvalue weighted by molar-refractivity contribution is -0.113. The summed E-state index contributed by atoms with van der Waals surface area (Å²) in [5, 5.41) is 19.8. The zero-order valence-electron chi connectivity index (χ0n) is 14.2. The van der Waals surface area contributed by atoms with Crippen molar-refractivity contribution < 1.29 is 19.8 Å². The smallest absolute Gasteiger partial charge is 0.339 e. The first kappa shape index (κ1) is 18.1. The number of benzene rings is 2. The summed E-state index contributed by atoms with van der Waals surface area (Å²) in [6, 6.07) is 13.4. The van der Waals surface area contributed by atoms with Crippen LogP contribution in [0.5, 0.6) is 5.75 Å². The number of carboxylic acids is 1. The number of amides is 1. The number of aromatic nitrogens is 1. The van der Waals surface area contributed by atoms with Gasteiger partial charge in [-0.3, -0.25) is 14.7 Å². The molecule has 1 amide bonds. The number of phenols is 1. The van der Waals surface area contributed by atoms with Gasteiger partial charge in [-0.05, 0) is 48.0 Å². The van der Waals surface area contributed by atoms with Gasteiger partial charge in [-0.15, -0.1) is 0 Å². The van der Waals surface area contributed by atoms with Crippen LogP contribution in [0.4, 0.5) is 5.69 Å². The van der Waals surface area contributed by atoms with Crippen LogP contribution in [0.15, 0.2) is 59.6 Å². The fraction of sp³-hybridized carbons (Fsp3) is 0. The highest BCUT2D eigenvalue weighted by Crippen LogP contribution is 2.37. The molecule has 6 nitrogen and oxygen atoms in total. The number of carbonyl (C=O) groups excluding carboxylic acids is 1. The van der Waals surface area contributed by atoms with Crippen molar-refractivity contribution in [3.63, 3.8) is 0 Å². The number of fused-ring (bicyclic) bond motifs is 1. The van der Waals surface area contributed by atoms with Crippen LogP contribution in [0.3, 0.4) is 0 Å². The van der Waals surface area contributed by atoms with E-state index in [0.29, 0.717) is 14.9 Å². The van der Waals surface area contributed by atoms with Gasteiger partial charge in [0.1, 0.15) is 11.3 Å². The van der Waals surface area contributed by atoms with Crippen LogP contribution in [-0.2, 0) is 4.79 Å². The second-order valence-corrected chi connectivity index (χ2v) is 7.66. The Balaban J connectivity index is 1.69. The summed E-state index contributed by atoms with van der Waals surface area (Å²) in [5.41, 5.74) is 1.69. The van der Waals surface area contributed by atoms with Crippen molar-refractivity contribution in [1.29, 1.82) is 0 Å². The van der Waals surface area contributed by atoms with E-state index in [1.165, 1.54) is 23.1 Å². The minimum Gasteiger partial charge on any atom is -0.507 e. The highest BCUT2D eigenvalue weighted by Gasteiger charge is 2.34. The van der Waals surface area contributed by atoms with Crippen molar-refractivity contribution in [3.05, 3.63) is 70.8 Å². The Hall–Kier alpha value is -3.23. The molecule has 0 bridgehead atoms. The zero-order valence-corrected chi connectivity index (χ0v) is 15.8. The predicted octanol–water partition coefficient (Wildman–Crippen LogP) is 4.04. The SMILES string of the molecule is O=C(O)c1cc(N2C(=O)/C(=C\c3ccc4ncccc4c3)SC2=S)ccc1O. The van der Waals surface area contributed by atoms with Crippen molar-refractivity contribution in [2.75, 3.05) is 4.90 Å². The van der Waals surface area contributed by atoms with E-state index in [1.54, 1.807) is 12.3 Å². The standard InChI is InChI=1S/C20H12N2O4S2/c23-16-6-4-13(10-14(16)19(25)26)22-18(24)17(28-20(22)27)9-11-3-5-15-12(8-11)2-1-7-21-15/h1-10,23H,(H,25,26)/b17-9+. The average molecular weight is 408 g/mol. The molecule has 2 heterocycles. The first-order valence-electron chi connectivity index (χ1n) is 8.13. The number of thiocarbonyl (C=S) groups is 1. The van der Waals surface area contributed by atoms with E-state index in [-0.39, 0.29) is 17.2 Å². The van der Waals surface area contributed by atoms with Crippen molar-refractivity contribution in [2.24, 2.45) is 0 Å². The molecule has 3 aromatic rings. The van der Waals surface area contributed by atoms with Gasteiger partial charge in [0.25, 0.3) is 5.91 Å². The molecular weight excluding hydrogens is 396 g/mol. The van der Waals surface area contributed by atoms with Crippen LogP contribution in [0.1, 0.15) is 15.9 Å². The molecule has 2 aromatic carbocycles. The zero-order chi connectivity index (χ0) is 19.8. The van der Waals surface area contributed by atoms with E-state index in [1.807, 2.05) is 30.3 Å². The molecule has 4 rings (SSSR count). The second kappa shape index (κ2) is 7.06. The minimum atomic E-state index is -1.29. The Morgan fingerprint density at radius 3 is 2.79 bits per heavy atom. The largest absolute Gasteiger partial charge is 0.507 e. The second-order valence-electron chi connectivity index (χ2n) is 5.98. The third-order valence-electron chi connectivity index (χ3n) is 4.19. The van der Waals surface area contributed by atoms with E-state index in [2.05, 4.69) is 4.98 Å². The van der Waals surface area contributed by atoms with Gasteiger partial charge in [-0.2, -0.15) is 0 Å². The van der Waals surface area contributed by atoms with Gasteiger partial charge in [-0.25, -0.2) is 4.79 Å². The highest BCUT2D eigenvalue weighted by molar-refractivity contribution is 8.27. The molecule has 2 N–H and O–H groups in total.